The average Bonchev–Trinajstić information content (AvgIpc) is 2.48. The van der Waals surface area contributed by atoms with E-state index in [1.165, 1.54) is 5.56 Å². The Bertz CT molecular complexity index is 596. The van der Waals surface area contributed by atoms with Crippen molar-refractivity contribution in [2.45, 2.75) is 26.3 Å². The van der Waals surface area contributed by atoms with Gasteiger partial charge in [-0.25, -0.2) is 4.79 Å². The van der Waals surface area contributed by atoms with Crippen molar-refractivity contribution in [2.75, 3.05) is 13.2 Å². The Morgan fingerprint density at radius 3 is 2.64 bits per heavy atom. The zero-order valence-corrected chi connectivity index (χ0v) is 13.5. The topological polar surface area (TPSA) is 70.6 Å². The lowest BCUT2D eigenvalue weighted by Crippen LogP contribution is -2.51. The van der Waals surface area contributed by atoms with Crippen LogP contribution in [-0.4, -0.2) is 35.4 Å². The first-order valence-corrected chi connectivity index (χ1v) is 7.54. The third-order valence-electron chi connectivity index (χ3n) is 3.51. The molecule has 22 heavy (non-hydrogen) atoms. The van der Waals surface area contributed by atoms with E-state index in [1.54, 1.807) is 6.92 Å². The Balaban J connectivity index is 1.95. The van der Waals surface area contributed by atoms with E-state index in [2.05, 4.69) is 10.6 Å². The normalized spacial score (nSPS) is 17.8. The fourth-order valence-electron chi connectivity index (χ4n) is 2.29. The second-order valence-electron chi connectivity index (χ2n) is 5.24. The van der Waals surface area contributed by atoms with Gasteiger partial charge in [0.25, 0.3) is 0 Å². The van der Waals surface area contributed by atoms with Crippen LogP contribution >= 0.6 is 12.2 Å². The Labute approximate surface area is 135 Å². The number of carbonyl (C=O) groups is 1. The lowest BCUT2D eigenvalue weighted by Gasteiger charge is -2.28. The Morgan fingerprint density at radius 1 is 1.32 bits per heavy atom. The number of hydrogen-bond donors (Lipinski definition) is 3. The van der Waals surface area contributed by atoms with E-state index in [0.29, 0.717) is 29.4 Å². The molecule has 3 N–H and O–H groups in total. The number of thiocarbonyl (C=S) groups is 1. The minimum atomic E-state index is -0.527. The zero-order valence-electron chi connectivity index (χ0n) is 12.7. The van der Waals surface area contributed by atoms with E-state index in [9.17, 15) is 9.90 Å². The molecule has 5 nitrogen and oxygen atoms in total. The molecular formula is C16H20N2O3S. The van der Waals surface area contributed by atoms with Gasteiger partial charge >= 0.3 is 5.97 Å². The van der Waals surface area contributed by atoms with Gasteiger partial charge in [-0.2, -0.15) is 0 Å². The van der Waals surface area contributed by atoms with Crippen LogP contribution in [-0.2, 0) is 16.0 Å². The summed E-state index contributed by atoms with van der Waals surface area (Å²) in [5.74, 6) is -0.439. The molecule has 0 radical (unpaired) electrons. The predicted octanol–water partition coefficient (Wildman–Crippen LogP) is 1.19. The average molecular weight is 320 g/mol. The number of benzene rings is 1. The maximum absolute atomic E-state index is 12.2. The number of nitrogens with one attached hydrogen (secondary N) is 2. The largest absolute Gasteiger partial charge is 0.462 e. The van der Waals surface area contributed by atoms with E-state index in [1.807, 2.05) is 31.2 Å². The highest BCUT2D eigenvalue weighted by molar-refractivity contribution is 7.80. The van der Waals surface area contributed by atoms with E-state index in [0.717, 1.165) is 5.56 Å². The van der Waals surface area contributed by atoms with Crippen LogP contribution in [0.5, 0.6) is 0 Å². The number of esters is 1. The lowest BCUT2D eigenvalue weighted by atomic mass is 10.0. The minimum Gasteiger partial charge on any atom is -0.462 e. The number of rotatable bonds is 5. The molecule has 0 spiro atoms. The van der Waals surface area contributed by atoms with Crippen molar-refractivity contribution in [1.29, 1.82) is 0 Å². The molecule has 1 aliphatic rings. The molecule has 0 saturated heterocycles. The highest BCUT2D eigenvalue weighted by Gasteiger charge is 2.28. The first-order chi connectivity index (χ1) is 10.5. The number of ether oxygens (including phenoxy) is 1. The number of hydrogen-bond acceptors (Lipinski definition) is 4. The summed E-state index contributed by atoms with van der Waals surface area (Å²) in [5.41, 5.74) is 3.31. The molecule has 6 heteroatoms. The van der Waals surface area contributed by atoms with Crippen LogP contribution in [0.4, 0.5) is 0 Å². The molecule has 0 fully saturated rings. The molecule has 0 aromatic heterocycles. The van der Waals surface area contributed by atoms with Crippen molar-refractivity contribution in [1.82, 2.24) is 10.6 Å². The fraction of sp³-hybridized carbons (Fsp3) is 0.375. The van der Waals surface area contributed by atoms with Crippen molar-refractivity contribution in [3.8, 4) is 0 Å². The predicted molar refractivity (Wildman–Crippen MR) is 88.3 cm³/mol. The molecule has 1 unspecified atom stereocenters. The Kier molecular flexibility index (Phi) is 5.51. The highest BCUT2D eigenvalue weighted by Crippen LogP contribution is 2.14. The minimum absolute atomic E-state index is 0.221. The molecule has 0 bridgehead atoms. The summed E-state index contributed by atoms with van der Waals surface area (Å²) in [6.07, 6.45) is 0.654. The van der Waals surface area contributed by atoms with Crippen LogP contribution in [0, 0.1) is 6.92 Å². The quantitative estimate of drug-likeness (QED) is 0.559. The number of aryl methyl sites for hydroxylation is 1. The first kappa shape index (κ1) is 16.5. The van der Waals surface area contributed by atoms with Crippen LogP contribution in [0.25, 0.3) is 0 Å². The zero-order chi connectivity index (χ0) is 16.1. The van der Waals surface area contributed by atoms with Gasteiger partial charge in [-0.15, -0.1) is 0 Å². The highest BCUT2D eigenvalue weighted by atomic mass is 32.1. The Morgan fingerprint density at radius 2 is 2.00 bits per heavy atom. The first-order valence-electron chi connectivity index (χ1n) is 7.13. The van der Waals surface area contributed by atoms with Crippen LogP contribution in [0.1, 0.15) is 18.1 Å². The smallest absolute Gasteiger partial charge is 0.337 e. The van der Waals surface area contributed by atoms with Crippen molar-refractivity contribution in [3.63, 3.8) is 0 Å². The van der Waals surface area contributed by atoms with Crippen molar-refractivity contribution in [3.05, 3.63) is 46.7 Å². The molecule has 0 amide bonds. The molecule has 1 atom stereocenters. The van der Waals surface area contributed by atoms with Gasteiger partial charge in [0.1, 0.15) is 0 Å². The molecule has 0 aliphatic carbocycles. The van der Waals surface area contributed by atoms with E-state index in [-0.39, 0.29) is 6.61 Å². The number of aliphatic hydroxyl groups is 1. The molecule has 1 heterocycles. The van der Waals surface area contributed by atoms with Crippen LogP contribution in [0.2, 0.25) is 0 Å². The molecule has 0 saturated carbocycles. The summed E-state index contributed by atoms with van der Waals surface area (Å²) in [4.78, 5) is 12.2. The third-order valence-corrected chi connectivity index (χ3v) is 3.73. The van der Waals surface area contributed by atoms with Gasteiger partial charge < -0.3 is 20.5 Å². The summed E-state index contributed by atoms with van der Waals surface area (Å²) in [6.45, 7) is 3.84. The second kappa shape index (κ2) is 7.38. The van der Waals surface area contributed by atoms with Gasteiger partial charge in [-0.05, 0) is 31.6 Å². The van der Waals surface area contributed by atoms with Gasteiger partial charge in [0.15, 0.2) is 5.11 Å². The van der Waals surface area contributed by atoms with Crippen LogP contribution in [0.3, 0.4) is 0 Å². The second-order valence-corrected chi connectivity index (χ2v) is 5.65. The van der Waals surface area contributed by atoms with E-state index >= 15 is 0 Å². The van der Waals surface area contributed by atoms with Crippen molar-refractivity contribution >= 4 is 23.3 Å². The summed E-state index contributed by atoms with van der Waals surface area (Å²) < 4.78 is 5.32. The van der Waals surface area contributed by atoms with Crippen LogP contribution < -0.4 is 10.6 Å². The van der Waals surface area contributed by atoms with Crippen molar-refractivity contribution < 1.29 is 14.6 Å². The molecular weight excluding hydrogens is 300 g/mol. The Hall–Kier alpha value is -1.92. The maximum atomic E-state index is 12.2. The van der Waals surface area contributed by atoms with Gasteiger partial charge in [-0.3, -0.25) is 0 Å². The maximum Gasteiger partial charge on any atom is 0.337 e. The van der Waals surface area contributed by atoms with Gasteiger partial charge in [0.2, 0.25) is 0 Å². The molecule has 1 aromatic rings. The van der Waals surface area contributed by atoms with Gasteiger partial charge in [-0.1, -0.05) is 29.8 Å². The van der Waals surface area contributed by atoms with E-state index in [4.69, 9.17) is 17.0 Å². The van der Waals surface area contributed by atoms with Gasteiger partial charge in [0.05, 0.1) is 24.8 Å². The summed E-state index contributed by atoms with van der Waals surface area (Å²) in [5, 5.41) is 15.5. The number of allylic oxidation sites excluding steroid dienone is 1. The van der Waals surface area contributed by atoms with Crippen LogP contribution in [0.15, 0.2) is 35.5 Å². The van der Waals surface area contributed by atoms with E-state index < -0.39 is 12.0 Å². The lowest BCUT2D eigenvalue weighted by molar-refractivity contribution is -0.139. The SMILES string of the molecule is CC1=C(C(=O)OCCc2ccc(C)cc2)C(CO)NC(=S)N1. The van der Waals surface area contributed by atoms with Gasteiger partial charge in [0, 0.05) is 12.1 Å². The number of carbonyl (C=O) groups excluding carboxylic acids is 1. The molecule has 1 aliphatic heterocycles. The monoisotopic (exact) mass is 320 g/mol. The third kappa shape index (κ3) is 4.05. The molecule has 1 aromatic carbocycles. The standard InChI is InChI=1S/C16H20N2O3S/c1-10-3-5-12(6-4-10)7-8-21-15(20)14-11(2)17-16(22)18-13(14)9-19/h3-6,13,19H,7-9H2,1-2H3,(H2,17,18,22). The fourth-order valence-corrected chi connectivity index (χ4v) is 2.59. The molecule has 118 valence electrons. The summed E-state index contributed by atoms with van der Waals surface area (Å²) >= 11 is 5.01. The molecule has 2 rings (SSSR count). The number of aliphatic hydroxyl groups excluding tert-OH is 1. The van der Waals surface area contributed by atoms with Crippen molar-refractivity contribution in [2.24, 2.45) is 0 Å². The summed E-state index contributed by atoms with van der Waals surface area (Å²) in [6, 6.07) is 7.57. The summed E-state index contributed by atoms with van der Waals surface area (Å²) in [7, 11) is 0.